The SMILES string of the molecule is O=c1ccn(Cl)n1Cl. The third-order valence-corrected chi connectivity index (χ3v) is 1.36. The zero-order valence-electron chi connectivity index (χ0n) is 3.71. The minimum atomic E-state index is -0.332. The van der Waals surface area contributed by atoms with Gasteiger partial charge >= 0.3 is 0 Å². The Labute approximate surface area is 55.2 Å². The molecule has 0 aliphatic carbocycles. The van der Waals surface area contributed by atoms with Crippen molar-refractivity contribution in [3.8, 4) is 0 Å². The molecule has 0 fully saturated rings. The molecule has 1 aromatic rings. The van der Waals surface area contributed by atoms with E-state index in [0.29, 0.717) is 0 Å². The Bertz CT molecular complexity index is 238. The van der Waals surface area contributed by atoms with Crippen LogP contribution in [0.4, 0.5) is 0 Å². The van der Waals surface area contributed by atoms with E-state index in [-0.39, 0.29) is 5.56 Å². The lowest BCUT2D eigenvalue weighted by Crippen LogP contribution is -2.08. The molecule has 0 N–H and O–H groups in total. The van der Waals surface area contributed by atoms with Crippen molar-refractivity contribution in [2.45, 2.75) is 0 Å². The quantitative estimate of drug-likeness (QED) is 0.537. The van der Waals surface area contributed by atoms with Gasteiger partial charge in [-0.1, -0.05) is 0 Å². The zero-order chi connectivity index (χ0) is 6.15. The van der Waals surface area contributed by atoms with Crippen molar-refractivity contribution in [1.82, 2.24) is 8.40 Å². The molecule has 0 atom stereocenters. The first-order valence-corrected chi connectivity index (χ1v) is 2.52. The van der Waals surface area contributed by atoms with Crippen LogP contribution in [0.5, 0.6) is 0 Å². The third kappa shape index (κ3) is 0.743. The summed E-state index contributed by atoms with van der Waals surface area (Å²) in [5.41, 5.74) is -0.332. The first-order valence-electron chi connectivity index (χ1n) is 1.85. The molecule has 44 valence electrons. The predicted molar refractivity (Wildman–Crippen MR) is 31.2 cm³/mol. The number of aromatic nitrogens is 2. The van der Waals surface area contributed by atoms with Crippen molar-refractivity contribution in [2.75, 3.05) is 0 Å². The van der Waals surface area contributed by atoms with Crippen molar-refractivity contribution in [1.29, 1.82) is 0 Å². The summed E-state index contributed by atoms with van der Waals surface area (Å²) in [6.07, 6.45) is 1.36. The summed E-state index contributed by atoms with van der Waals surface area (Å²) in [5, 5.41) is 0. The van der Waals surface area contributed by atoms with Crippen molar-refractivity contribution >= 4 is 23.6 Å². The number of nitrogens with zero attached hydrogens (tertiary/aromatic N) is 2. The fourth-order valence-electron chi connectivity index (χ4n) is 0.339. The molecule has 0 aliphatic heterocycles. The summed E-state index contributed by atoms with van der Waals surface area (Å²) in [7, 11) is 0. The topological polar surface area (TPSA) is 26.9 Å². The Morgan fingerprint density at radius 2 is 2.12 bits per heavy atom. The molecule has 3 nitrogen and oxygen atoms in total. The van der Waals surface area contributed by atoms with Crippen LogP contribution in [0.15, 0.2) is 17.1 Å². The van der Waals surface area contributed by atoms with Crippen molar-refractivity contribution < 1.29 is 0 Å². The third-order valence-electron chi connectivity index (χ3n) is 0.690. The smallest absolute Gasteiger partial charge is 0.266 e. The molecule has 0 spiro atoms. The molecular weight excluding hydrogens is 151 g/mol. The molecule has 0 amide bonds. The van der Waals surface area contributed by atoms with Crippen LogP contribution in [0.3, 0.4) is 0 Å². The van der Waals surface area contributed by atoms with E-state index in [4.69, 9.17) is 23.6 Å². The summed E-state index contributed by atoms with van der Waals surface area (Å²) >= 11 is 10.5. The monoisotopic (exact) mass is 152 g/mol. The largest absolute Gasteiger partial charge is 0.283 e. The van der Waals surface area contributed by atoms with Gasteiger partial charge in [0.2, 0.25) is 0 Å². The van der Waals surface area contributed by atoms with Gasteiger partial charge in [-0.3, -0.25) is 4.79 Å². The van der Waals surface area contributed by atoms with Gasteiger partial charge in [0, 0.05) is 35.8 Å². The van der Waals surface area contributed by atoms with E-state index >= 15 is 0 Å². The van der Waals surface area contributed by atoms with E-state index in [1.165, 1.54) is 12.3 Å². The van der Waals surface area contributed by atoms with Gasteiger partial charge < -0.3 is 0 Å². The van der Waals surface area contributed by atoms with E-state index in [9.17, 15) is 4.79 Å². The molecule has 1 aromatic heterocycles. The summed E-state index contributed by atoms with van der Waals surface area (Å²) in [5.74, 6) is 0. The molecule has 0 saturated heterocycles. The number of hydrogen-bond donors (Lipinski definition) is 0. The Morgan fingerprint density at radius 3 is 2.25 bits per heavy atom. The zero-order valence-corrected chi connectivity index (χ0v) is 5.23. The molecule has 1 heterocycles. The predicted octanol–water partition coefficient (Wildman–Crippen LogP) is 0.654. The fourth-order valence-corrected chi connectivity index (χ4v) is 0.577. The molecule has 0 radical (unpaired) electrons. The fraction of sp³-hybridized carbons (Fsp3) is 0. The van der Waals surface area contributed by atoms with Gasteiger partial charge in [-0.15, -0.1) is 4.20 Å². The average Bonchev–Trinajstić information content (AvgIpc) is 1.98. The second-order valence-corrected chi connectivity index (χ2v) is 1.87. The number of hydrogen-bond acceptors (Lipinski definition) is 1. The van der Waals surface area contributed by atoms with Crippen LogP contribution in [0.25, 0.3) is 0 Å². The minimum Gasteiger partial charge on any atom is -0.266 e. The highest BCUT2D eigenvalue weighted by Gasteiger charge is 1.93. The molecule has 5 heteroatoms. The van der Waals surface area contributed by atoms with Crippen LogP contribution >= 0.6 is 23.6 Å². The summed E-state index contributed by atoms with van der Waals surface area (Å²) in [6, 6.07) is 1.26. The van der Waals surface area contributed by atoms with Gasteiger partial charge in [0.15, 0.2) is 0 Å². The van der Waals surface area contributed by atoms with Crippen LogP contribution < -0.4 is 5.56 Å². The Balaban J connectivity index is 3.41. The van der Waals surface area contributed by atoms with Crippen molar-refractivity contribution in [2.24, 2.45) is 0 Å². The van der Waals surface area contributed by atoms with E-state index in [1.54, 1.807) is 0 Å². The summed E-state index contributed by atoms with van der Waals surface area (Å²) in [4.78, 5) is 10.4. The Kier molecular flexibility index (Phi) is 1.31. The van der Waals surface area contributed by atoms with Gasteiger partial charge in [-0.2, -0.15) is 4.20 Å². The highest BCUT2D eigenvalue weighted by Crippen LogP contribution is 1.88. The second kappa shape index (κ2) is 1.84. The van der Waals surface area contributed by atoms with Crippen molar-refractivity contribution in [3.63, 3.8) is 0 Å². The van der Waals surface area contributed by atoms with Crippen molar-refractivity contribution in [3.05, 3.63) is 22.6 Å². The highest BCUT2D eigenvalue weighted by molar-refractivity contribution is 6.20. The second-order valence-electron chi connectivity index (χ2n) is 1.20. The summed E-state index contributed by atoms with van der Waals surface area (Å²) in [6.45, 7) is 0. The molecule has 0 aromatic carbocycles. The van der Waals surface area contributed by atoms with Crippen LogP contribution in [0.2, 0.25) is 0 Å². The lowest BCUT2D eigenvalue weighted by atomic mass is 10.7. The maximum absolute atomic E-state index is 10.4. The maximum Gasteiger partial charge on any atom is 0.283 e. The molecule has 0 unspecified atom stereocenters. The molecule has 0 saturated carbocycles. The molecule has 8 heavy (non-hydrogen) atoms. The minimum absolute atomic E-state index is 0.332. The first-order chi connectivity index (χ1) is 3.72. The summed E-state index contributed by atoms with van der Waals surface area (Å²) < 4.78 is 1.73. The van der Waals surface area contributed by atoms with E-state index < -0.39 is 0 Å². The van der Waals surface area contributed by atoms with Crippen LogP contribution in [-0.2, 0) is 0 Å². The first kappa shape index (κ1) is 5.72. The average molecular weight is 153 g/mol. The van der Waals surface area contributed by atoms with E-state index in [1.807, 2.05) is 0 Å². The van der Waals surface area contributed by atoms with E-state index in [0.717, 1.165) is 8.40 Å². The Hall–Kier alpha value is -0.410. The number of halogens is 2. The van der Waals surface area contributed by atoms with E-state index in [2.05, 4.69) is 0 Å². The molecular formula is C3H2Cl2N2O. The Morgan fingerprint density at radius 1 is 1.50 bits per heavy atom. The highest BCUT2D eigenvalue weighted by atomic mass is 35.5. The lowest BCUT2D eigenvalue weighted by Gasteiger charge is -1.86. The maximum atomic E-state index is 10.4. The van der Waals surface area contributed by atoms with Crippen LogP contribution in [0, 0.1) is 0 Å². The molecule has 0 aliphatic rings. The van der Waals surface area contributed by atoms with Crippen LogP contribution in [0.1, 0.15) is 0 Å². The van der Waals surface area contributed by atoms with Crippen LogP contribution in [-0.4, -0.2) is 8.40 Å². The van der Waals surface area contributed by atoms with Gasteiger partial charge in [0.05, 0.1) is 0 Å². The van der Waals surface area contributed by atoms with Gasteiger partial charge in [0.25, 0.3) is 5.56 Å². The number of rotatable bonds is 0. The molecule has 1 rings (SSSR count). The van der Waals surface area contributed by atoms with Gasteiger partial charge in [-0.05, 0) is 0 Å². The standard InChI is InChI=1S/C3H2Cl2N2O/c4-6-2-1-3(8)7(6)5/h1-2H. The molecule has 0 bridgehead atoms. The normalized spacial score (nSPS) is 9.75. The van der Waals surface area contributed by atoms with Gasteiger partial charge in [0.1, 0.15) is 0 Å². The lowest BCUT2D eigenvalue weighted by molar-refractivity contribution is 0.884. The van der Waals surface area contributed by atoms with Gasteiger partial charge in [-0.25, -0.2) is 0 Å².